The summed E-state index contributed by atoms with van der Waals surface area (Å²) >= 11 is 11.7. The third-order valence-corrected chi connectivity index (χ3v) is 4.77. The molecule has 3 nitrogen and oxygen atoms in total. The highest BCUT2D eigenvalue weighted by atomic mass is 35.5. The molecule has 0 saturated carbocycles. The molecule has 0 aromatic heterocycles. The van der Waals surface area contributed by atoms with Gasteiger partial charge < -0.3 is 5.11 Å². The van der Waals surface area contributed by atoms with Crippen molar-refractivity contribution in [3.63, 3.8) is 0 Å². The Labute approximate surface area is 128 Å². The number of halogens is 2. The molecule has 0 aliphatic heterocycles. The topological polar surface area (TPSA) is 54.4 Å². The van der Waals surface area contributed by atoms with Crippen LogP contribution in [0.3, 0.4) is 0 Å². The molecular formula is C14H10Cl2O3S. The van der Waals surface area contributed by atoms with Gasteiger partial charge in [0.05, 0.1) is 32.2 Å². The van der Waals surface area contributed by atoms with E-state index in [1.54, 1.807) is 30.3 Å². The van der Waals surface area contributed by atoms with Crippen LogP contribution in [-0.2, 0) is 16.6 Å². The van der Waals surface area contributed by atoms with Gasteiger partial charge in [-0.2, -0.15) is 0 Å². The molecule has 0 saturated heterocycles. The van der Waals surface area contributed by atoms with Crippen molar-refractivity contribution in [3.8, 4) is 0 Å². The summed E-state index contributed by atoms with van der Waals surface area (Å²) in [5, 5.41) is 9.58. The third-order valence-electron chi connectivity index (χ3n) is 2.65. The summed E-state index contributed by atoms with van der Waals surface area (Å²) in [6, 6.07) is 11.1. The van der Waals surface area contributed by atoms with Gasteiger partial charge in [0.1, 0.15) is 0 Å². The van der Waals surface area contributed by atoms with E-state index in [4.69, 9.17) is 28.3 Å². The second-order valence-corrected chi connectivity index (χ2v) is 6.33. The number of hydrogen-bond donors (Lipinski definition) is 1. The Morgan fingerprint density at radius 2 is 1.70 bits per heavy atom. The predicted molar refractivity (Wildman–Crippen MR) is 80.0 cm³/mol. The number of carbonyl (C=O) groups is 1. The molecule has 0 aliphatic carbocycles. The van der Waals surface area contributed by atoms with E-state index in [-0.39, 0.29) is 11.3 Å². The summed E-state index contributed by atoms with van der Waals surface area (Å²) in [7, 11) is -1.26. The van der Waals surface area contributed by atoms with Crippen LogP contribution in [0, 0.1) is 0 Å². The predicted octanol–water partition coefficient (Wildman–Crippen LogP) is 4.00. The number of carboxylic acid groups (broad SMARTS) is 1. The van der Waals surface area contributed by atoms with Crippen LogP contribution in [0.1, 0.15) is 15.9 Å². The van der Waals surface area contributed by atoms with Gasteiger partial charge in [0.2, 0.25) is 0 Å². The lowest BCUT2D eigenvalue weighted by atomic mass is 10.1. The second kappa shape index (κ2) is 6.39. The standard InChI is InChI=1S/C14H10Cl2O3S/c15-12-6-5-11(7-13(12)16)20(19)8-9-1-3-10(4-2-9)14(17)18/h1-7H,8H2,(H,17,18). The first-order chi connectivity index (χ1) is 9.47. The van der Waals surface area contributed by atoms with E-state index in [0.29, 0.717) is 14.9 Å². The van der Waals surface area contributed by atoms with Crippen LogP contribution in [-0.4, -0.2) is 15.3 Å². The Bertz CT molecular complexity index is 669. The lowest BCUT2D eigenvalue weighted by Gasteiger charge is -2.05. The van der Waals surface area contributed by atoms with Crippen molar-refractivity contribution in [1.82, 2.24) is 0 Å². The minimum Gasteiger partial charge on any atom is -0.478 e. The summed E-state index contributed by atoms with van der Waals surface area (Å²) < 4.78 is 12.2. The molecule has 1 atom stereocenters. The minimum atomic E-state index is -1.26. The Balaban J connectivity index is 2.14. The average Bonchev–Trinajstić information content (AvgIpc) is 2.42. The summed E-state index contributed by atoms with van der Waals surface area (Å²) in [4.78, 5) is 11.3. The first-order valence-corrected chi connectivity index (χ1v) is 7.70. The highest BCUT2D eigenvalue weighted by molar-refractivity contribution is 7.84. The summed E-state index contributed by atoms with van der Waals surface area (Å²) in [5.41, 5.74) is 0.994. The van der Waals surface area contributed by atoms with Crippen LogP contribution in [0.15, 0.2) is 47.4 Å². The number of rotatable bonds is 4. The molecule has 0 radical (unpaired) electrons. The van der Waals surface area contributed by atoms with Crippen molar-refractivity contribution in [2.24, 2.45) is 0 Å². The zero-order valence-electron chi connectivity index (χ0n) is 10.2. The second-order valence-electron chi connectivity index (χ2n) is 4.07. The first kappa shape index (κ1) is 15.0. The van der Waals surface area contributed by atoms with Gasteiger partial charge in [0, 0.05) is 4.90 Å². The number of benzene rings is 2. The Morgan fingerprint density at radius 3 is 2.25 bits per heavy atom. The molecule has 6 heteroatoms. The van der Waals surface area contributed by atoms with Crippen molar-refractivity contribution < 1.29 is 14.1 Å². The molecule has 2 aromatic carbocycles. The largest absolute Gasteiger partial charge is 0.478 e. The zero-order chi connectivity index (χ0) is 14.7. The molecule has 0 bridgehead atoms. The van der Waals surface area contributed by atoms with Gasteiger partial charge in [-0.05, 0) is 35.9 Å². The number of carboxylic acids is 1. The smallest absolute Gasteiger partial charge is 0.335 e. The van der Waals surface area contributed by atoms with Gasteiger partial charge in [-0.25, -0.2) is 4.79 Å². The van der Waals surface area contributed by atoms with E-state index in [2.05, 4.69) is 0 Å². The molecule has 2 rings (SSSR count). The molecule has 1 unspecified atom stereocenters. The Hall–Kier alpha value is -1.36. The van der Waals surface area contributed by atoms with Crippen LogP contribution < -0.4 is 0 Å². The maximum atomic E-state index is 12.2. The normalized spacial score (nSPS) is 12.1. The maximum Gasteiger partial charge on any atom is 0.335 e. The molecular weight excluding hydrogens is 319 g/mol. The molecule has 0 heterocycles. The zero-order valence-corrected chi connectivity index (χ0v) is 12.5. The monoisotopic (exact) mass is 328 g/mol. The summed E-state index contributed by atoms with van der Waals surface area (Å²) in [6.45, 7) is 0. The molecule has 1 N–H and O–H groups in total. The van der Waals surface area contributed by atoms with Gasteiger partial charge in [-0.15, -0.1) is 0 Å². The van der Waals surface area contributed by atoms with Crippen LogP contribution >= 0.6 is 23.2 Å². The number of hydrogen-bond acceptors (Lipinski definition) is 2. The number of aromatic carboxylic acids is 1. The van der Waals surface area contributed by atoms with Gasteiger partial charge in [0.25, 0.3) is 0 Å². The summed E-state index contributed by atoms with van der Waals surface area (Å²) in [5.74, 6) is -0.695. The highest BCUT2D eigenvalue weighted by Crippen LogP contribution is 2.25. The fourth-order valence-electron chi connectivity index (χ4n) is 1.60. The molecule has 20 heavy (non-hydrogen) atoms. The highest BCUT2D eigenvalue weighted by Gasteiger charge is 2.09. The molecule has 0 fully saturated rings. The van der Waals surface area contributed by atoms with E-state index in [1.165, 1.54) is 12.1 Å². The quantitative estimate of drug-likeness (QED) is 0.922. The van der Waals surface area contributed by atoms with Gasteiger partial charge in [-0.3, -0.25) is 4.21 Å². The van der Waals surface area contributed by atoms with Crippen molar-refractivity contribution >= 4 is 40.0 Å². The van der Waals surface area contributed by atoms with E-state index in [9.17, 15) is 9.00 Å². The fraction of sp³-hybridized carbons (Fsp3) is 0.0714. The van der Waals surface area contributed by atoms with Crippen molar-refractivity contribution in [1.29, 1.82) is 0 Å². The minimum absolute atomic E-state index is 0.203. The fourth-order valence-corrected chi connectivity index (χ4v) is 3.09. The average molecular weight is 329 g/mol. The van der Waals surface area contributed by atoms with Gasteiger partial charge >= 0.3 is 5.97 Å². The van der Waals surface area contributed by atoms with E-state index in [0.717, 1.165) is 5.56 Å². The SMILES string of the molecule is O=C(O)c1ccc(CS(=O)c2ccc(Cl)c(Cl)c2)cc1. The molecule has 104 valence electrons. The van der Waals surface area contributed by atoms with Gasteiger partial charge in [-0.1, -0.05) is 35.3 Å². The maximum absolute atomic E-state index is 12.2. The molecule has 2 aromatic rings. The third kappa shape index (κ3) is 3.60. The van der Waals surface area contributed by atoms with Crippen LogP contribution in [0.5, 0.6) is 0 Å². The van der Waals surface area contributed by atoms with E-state index < -0.39 is 16.8 Å². The first-order valence-electron chi connectivity index (χ1n) is 5.63. The van der Waals surface area contributed by atoms with Crippen LogP contribution in [0.4, 0.5) is 0 Å². The molecule has 0 aliphatic rings. The van der Waals surface area contributed by atoms with E-state index in [1.807, 2.05) is 0 Å². The Kier molecular flexibility index (Phi) is 4.81. The lowest BCUT2D eigenvalue weighted by Crippen LogP contribution is -1.99. The Morgan fingerprint density at radius 1 is 1.05 bits per heavy atom. The van der Waals surface area contributed by atoms with Crippen molar-refractivity contribution in [2.75, 3.05) is 0 Å². The van der Waals surface area contributed by atoms with Crippen LogP contribution in [0.2, 0.25) is 10.0 Å². The lowest BCUT2D eigenvalue weighted by molar-refractivity contribution is 0.0697. The van der Waals surface area contributed by atoms with Crippen molar-refractivity contribution in [2.45, 2.75) is 10.6 Å². The van der Waals surface area contributed by atoms with E-state index >= 15 is 0 Å². The van der Waals surface area contributed by atoms with Crippen molar-refractivity contribution in [3.05, 3.63) is 63.6 Å². The molecule has 0 spiro atoms. The summed E-state index contributed by atoms with van der Waals surface area (Å²) in [6.07, 6.45) is 0. The van der Waals surface area contributed by atoms with Gasteiger partial charge in [0.15, 0.2) is 0 Å². The molecule has 0 amide bonds. The van der Waals surface area contributed by atoms with Crippen LogP contribution in [0.25, 0.3) is 0 Å².